The lowest BCUT2D eigenvalue weighted by atomic mass is 9.47. The molecular formula is C31H23N3O4. The first-order valence-corrected chi connectivity index (χ1v) is 12.5. The van der Waals surface area contributed by atoms with Gasteiger partial charge < -0.3 is 4.42 Å². The number of imide groups is 1. The minimum Gasteiger partial charge on any atom is -0.459 e. The number of amides is 3. The molecule has 2 bridgehead atoms. The predicted molar refractivity (Wildman–Crippen MR) is 141 cm³/mol. The highest BCUT2D eigenvalue weighted by Crippen LogP contribution is 2.63. The minimum atomic E-state index is -1.05. The fourth-order valence-electron chi connectivity index (χ4n) is 6.65. The molecule has 1 saturated heterocycles. The Kier molecular flexibility index (Phi) is 4.79. The smallest absolute Gasteiger partial charge is 0.307 e. The van der Waals surface area contributed by atoms with Crippen LogP contribution in [0.4, 0.5) is 5.69 Å². The van der Waals surface area contributed by atoms with Crippen LogP contribution in [0, 0.1) is 18.8 Å². The van der Waals surface area contributed by atoms with Crippen molar-refractivity contribution in [2.45, 2.75) is 18.3 Å². The molecule has 0 spiro atoms. The molecule has 2 heterocycles. The van der Waals surface area contributed by atoms with E-state index >= 15 is 0 Å². The van der Waals surface area contributed by atoms with Crippen LogP contribution in [0.5, 0.6) is 0 Å². The zero-order valence-corrected chi connectivity index (χ0v) is 20.5. The summed E-state index contributed by atoms with van der Waals surface area (Å²) in [5.74, 6) is -2.41. The average Bonchev–Trinajstić information content (AvgIpc) is 3.57. The summed E-state index contributed by atoms with van der Waals surface area (Å²) in [5, 5.41) is 4.38. The van der Waals surface area contributed by atoms with Crippen molar-refractivity contribution in [2.75, 3.05) is 4.90 Å². The molecule has 1 aliphatic heterocycles. The number of anilines is 1. The maximum absolute atomic E-state index is 14.3. The van der Waals surface area contributed by atoms with E-state index in [1.807, 2.05) is 79.7 Å². The summed E-state index contributed by atoms with van der Waals surface area (Å²) >= 11 is 0. The average molecular weight is 502 g/mol. The molecule has 186 valence electrons. The van der Waals surface area contributed by atoms with Crippen molar-refractivity contribution in [2.24, 2.45) is 16.9 Å². The summed E-state index contributed by atoms with van der Waals surface area (Å²) in [6, 6.07) is 26.5. The monoisotopic (exact) mass is 501 g/mol. The number of carbonyl (C=O) groups excluding carboxylic acids is 3. The number of aryl methyl sites for hydroxylation is 1. The summed E-state index contributed by atoms with van der Waals surface area (Å²) in [6.45, 7) is 1.97. The second kappa shape index (κ2) is 8.11. The standard InChI is InChI=1S/C31H23N3O4/c1-18-12-14-19(15-13-18)34-29(36)26-25-20-7-2-4-9-22(20)31(27(26)30(34)37,23-10-5-3-8-21(23)25)17-32-33-28(35)24-11-6-16-38-24/h2-17,25-27H,1H3,(H,33,35)/b32-17-/t25?,26-,27+,31?/m1/s1. The summed E-state index contributed by atoms with van der Waals surface area (Å²) in [7, 11) is 0. The lowest BCUT2D eigenvalue weighted by molar-refractivity contribution is -0.122. The summed E-state index contributed by atoms with van der Waals surface area (Å²) in [4.78, 5) is 42.3. The number of carbonyl (C=O) groups is 3. The third-order valence-electron chi connectivity index (χ3n) is 8.16. The molecule has 7 heteroatoms. The van der Waals surface area contributed by atoms with Gasteiger partial charge in [0.05, 0.1) is 29.2 Å². The van der Waals surface area contributed by atoms with E-state index in [9.17, 15) is 14.4 Å². The molecule has 8 rings (SSSR count). The third kappa shape index (κ3) is 2.90. The summed E-state index contributed by atoms with van der Waals surface area (Å²) < 4.78 is 5.19. The first-order valence-electron chi connectivity index (χ1n) is 12.5. The lowest BCUT2D eigenvalue weighted by Gasteiger charge is -2.52. The Hall–Kier alpha value is -4.78. The van der Waals surface area contributed by atoms with E-state index in [2.05, 4.69) is 10.5 Å². The van der Waals surface area contributed by atoms with Gasteiger partial charge in [-0.05, 0) is 53.4 Å². The maximum Gasteiger partial charge on any atom is 0.307 e. The van der Waals surface area contributed by atoms with Crippen molar-refractivity contribution in [3.8, 4) is 0 Å². The maximum atomic E-state index is 14.3. The van der Waals surface area contributed by atoms with Gasteiger partial charge in [0.1, 0.15) is 0 Å². The van der Waals surface area contributed by atoms with Gasteiger partial charge >= 0.3 is 5.91 Å². The second-order valence-electron chi connectivity index (χ2n) is 10.0. The van der Waals surface area contributed by atoms with Gasteiger partial charge in [0.2, 0.25) is 11.8 Å². The van der Waals surface area contributed by atoms with Gasteiger partial charge in [-0.15, -0.1) is 0 Å². The Morgan fingerprint density at radius 3 is 2.18 bits per heavy atom. The number of nitrogens with one attached hydrogen (secondary N) is 1. The van der Waals surface area contributed by atoms with Crippen molar-refractivity contribution in [3.05, 3.63) is 125 Å². The highest BCUT2D eigenvalue weighted by atomic mass is 16.3. The van der Waals surface area contributed by atoms with Gasteiger partial charge in [-0.1, -0.05) is 66.2 Å². The molecule has 0 saturated carbocycles. The molecule has 7 nitrogen and oxygen atoms in total. The van der Waals surface area contributed by atoms with Gasteiger partial charge in [0, 0.05) is 12.1 Å². The molecule has 0 unspecified atom stereocenters. The fraction of sp³-hybridized carbons (Fsp3) is 0.161. The number of furan rings is 1. The largest absolute Gasteiger partial charge is 0.459 e. The van der Waals surface area contributed by atoms with Crippen LogP contribution in [-0.2, 0) is 15.0 Å². The number of rotatable bonds is 4. The van der Waals surface area contributed by atoms with E-state index in [1.54, 1.807) is 18.3 Å². The minimum absolute atomic E-state index is 0.128. The number of hydrogen-bond donors (Lipinski definition) is 1. The number of nitrogens with zero attached hydrogens (tertiary/aromatic N) is 2. The first-order chi connectivity index (χ1) is 18.5. The summed E-state index contributed by atoms with van der Waals surface area (Å²) in [5.41, 5.74) is 6.96. The van der Waals surface area contributed by atoms with Crippen molar-refractivity contribution in [1.29, 1.82) is 0 Å². The Morgan fingerprint density at radius 1 is 0.895 bits per heavy atom. The Morgan fingerprint density at radius 2 is 1.55 bits per heavy atom. The summed E-state index contributed by atoms with van der Waals surface area (Å²) in [6.07, 6.45) is 3.06. The second-order valence-corrected chi connectivity index (χ2v) is 10.0. The predicted octanol–water partition coefficient (Wildman–Crippen LogP) is 4.55. The van der Waals surface area contributed by atoms with Crippen molar-refractivity contribution >= 4 is 29.6 Å². The van der Waals surface area contributed by atoms with Crippen molar-refractivity contribution in [1.82, 2.24) is 5.43 Å². The molecule has 0 radical (unpaired) electrons. The van der Waals surface area contributed by atoms with E-state index in [4.69, 9.17) is 4.42 Å². The Balaban J connectivity index is 1.43. The van der Waals surface area contributed by atoms with Crippen LogP contribution >= 0.6 is 0 Å². The van der Waals surface area contributed by atoms with Crippen LogP contribution in [-0.4, -0.2) is 23.9 Å². The highest BCUT2D eigenvalue weighted by molar-refractivity contribution is 6.25. The van der Waals surface area contributed by atoms with Crippen LogP contribution < -0.4 is 10.3 Å². The molecule has 38 heavy (non-hydrogen) atoms. The molecule has 4 aromatic rings. The number of hydrazone groups is 1. The molecule has 3 aromatic carbocycles. The highest BCUT2D eigenvalue weighted by Gasteiger charge is 2.68. The first kappa shape index (κ1) is 22.4. The molecule has 1 fully saturated rings. The lowest BCUT2D eigenvalue weighted by Crippen LogP contribution is -2.54. The van der Waals surface area contributed by atoms with Crippen LogP contribution in [0.2, 0.25) is 0 Å². The zero-order valence-electron chi connectivity index (χ0n) is 20.5. The molecule has 2 atom stereocenters. The molecule has 1 aromatic heterocycles. The SMILES string of the molecule is Cc1ccc(N2C(=O)[C@@H]3C4c5ccccc5C(/C=N\NC(=O)c5ccco5)(c5ccccc54)[C@@H]3C2=O)cc1. The Bertz CT molecular complexity index is 1590. The quantitative estimate of drug-likeness (QED) is 0.252. The molecule has 4 aliphatic rings. The van der Waals surface area contributed by atoms with Crippen LogP contribution in [0.1, 0.15) is 44.3 Å². The van der Waals surface area contributed by atoms with Gasteiger partial charge in [-0.2, -0.15) is 5.10 Å². The van der Waals surface area contributed by atoms with E-state index in [1.165, 1.54) is 11.2 Å². The Labute approximate surface area is 218 Å². The van der Waals surface area contributed by atoms with Gasteiger partial charge in [0.25, 0.3) is 0 Å². The number of hydrogen-bond acceptors (Lipinski definition) is 5. The molecule has 3 aliphatic carbocycles. The molecule has 1 N–H and O–H groups in total. The topological polar surface area (TPSA) is 92.0 Å². The van der Waals surface area contributed by atoms with Crippen LogP contribution in [0.25, 0.3) is 0 Å². The van der Waals surface area contributed by atoms with Crippen molar-refractivity contribution in [3.63, 3.8) is 0 Å². The van der Waals surface area contributed by atoms with E-state index < -0.39 is 23.2 Å². The van der Waals surface area contributed by atoms with Crippen LogP contribution in [0.3, 0.4) is 0 Å². The zero-order chi connectivity index (χ0) is 26.0. The number of benzene rings is 3. The van der Waals surface area contributed by atoms with E-state index in [-0.39, 0.29) is 23.5 Å². The van der Waals surface area contributed by atoms with E-state index in [0.717, 1.165) is 27.8 Å². The van der Waals surface area contributed by atoms with Gasteiger partial charge in [0.15, 0.2) is 5.76 Å². The normalized spacial score (nSPS) is 24.9. The van der Waals surface area contributed by atoms with Crippen LogP contribution in [0.15, 0.2) is 101 Å². The van der Waals surface area contributed by atoms with Gasteiger partial charge in [-0.25, -0.2) is 10.3 Å². The molecular weight excluding hydrogens is 478 g/mol. The van der Waals surface area contributed by atoms with Gasteiger partial charge in [-0.3, -0.25) is 14.4 Å². The third-order valence-corrected chi connectivity index (χ3v) is 8.16. The molecule has 3 amide bonds. The van der Waals surface area contributed by atoms with E-state index in [0.29, 0.717) is 5.69 Å². The van der Waals surface area contributed by atoms with Crippen molar-refractivity contribution < 1.29 is 18.8 Å². The fourth-order valence-corrected chi connectivity index (χ4v) is 6.65.